The molecule has 1 saturated carbocycles. The third-order valence-electron chi connectivity index (χ3n) is 6.55. The van der Waals surface area contributed by atoms with Crippen molar-refractivity contribution in [3.63, 3.8) is 0 Å². The number of methoxy groups -OCH3 is 1. The zero-order chi connectivity index (χ0) is 24.8. The molecule has 0 atom stereocenters. The molecule has 1 aliphatic carbocycles. The SMILES string of the molecule is CCOc1cc(CC(=O)OC)ccc1-c1ccc(F)c2c1CN(OC(=O)OC1CCCCC1)CC2. The first-order valence-electron chi connectivity index (χ1n) is 12.2. The number of carbonyl (C=O) groups is 2. The van der Waals surface area contributed by atoms with Crippen LogP contribution in [0.25, 0.3) is 11.1 Å². The number of hydroxylamine groups is 2. The van der Waals surface area contributed by atoms with Crippen LogP contribution in [0.2, 0.25) is 0 Å². The van der Waals surface area contributed by atoms with E-state index in [-0.39, 0.29) is 30.9 Å². The average molecular weight is 486 g/mol. The lowest BCUT2D eigenvalue weighted by molar-refractivity contribution is -0.146. The molecule has 0 N–H and O–H groups in total. The number of hydrogen-bond acceptors (Lipinski definition) is 7. The fourth-order valence-corrected chi connectivity index (χ4v) is 4.80. The van der Waals surface area contributed by atoms with E-state index in [0.29, 0.717) is 30.9 Å². The number of benzene rings is 2. The summed E-state index contributed by atoms with van der Waals surface area (Å²) >= 11 is 0. The predicted octanol–water partition coefficient (Wildman–Crippen LogP) is 5.37. The van der Waals surface area contributed by atoms with Crippen LogP contribution in [0.3, 0.4) is 0 Å². The Balaban J connectivity index is 1.57. The van der Waals surface area contributed by atoms with Crippen molar-refractivity contribution in [2.45, 2.75) is 64.5 Å². The fraction of sp³-hybridized carbons (Fsp3) is 0.481. The summed E-state index contributed by atoms with van der Waals surface area (Å²) in [5.74, 6) is -0.0295. The Morgan fingerprint density at radius 3 is 2.57 bits per heavy atom. The maximum absolute atomic E-state index is 14.7. The van der Waals surface area contributed by atoms with Crippen LogP contribution in [0.4, 0.5) is 9.18 Å². The van der Waals surface area contributed by atoms with E-state index in [0.717, 1.165) is 47.9 Å². The zero-order valence-corrected chi connectivity index (χ0v) is 20.3. The molecule has 1 heterocycles. The lowest BCUT2D eigenvalue weighted by Gasteiger charge is -2.30. The molecule has 1 fully saturated rings. The molecule has 1 aliphatic heterocycles. The molecule has 0 spiro atoms. The van der Waals surface area contributed by atoms with Gasteiger partial charge in [0.15, 0.2) is 0 Å². The molecule has 8 heteroatoms. The normalized spacial score (nSPS) is 16.3. The molecule has 0 bridgehead atoms. The van der Waals surface area contributed by atoms with E-state index < -0.39 is 6.16 Å². The Morgan fingerprint density at radius 1 is 1.06 bits per heavy atom. The van der Waals surface area contributed by atoms with E-state index in [9.17, 15) is 14.0 Å². The van der Waals surface area contributed by atoms with Crippen molar-refractivity contribution >= 4 is 12.1 Å². The molecule has 7 nitrogen and oxygen atoms in total. The van der Waals surface area contributed by atoms with Crippen molar-refractivity contribution in [2.75, 3.05) is 20.3 Å². The summed E-state index contributed by atoms with van der Waals surface area (Å²) in [4.78, 5) is 29.6. The molecule has 2 aromatic carbocycles. The van der Waals surface area contributed by atoms with Gasteiger partial charge >= 0.3 is 12.1 Å². The van der Waals surface area contributed by atoms with Crippen LogP contribution in [0.15, 0.2) is 30.3 Å². The van der Waals surface area contributed by atoms with Crippen molar-refractivity contribution in [3.05, 3.63) is 52.8 Å². The fourth-order valence-electron chi connectivity index (χ4n) is 4.80. The van der Waals surface area contributed by atoms with Gasteiger partial charge in [0, 0.05) is 12.1 Å². The maximum Gasteiger partial charge on any atom is 0.528 e. The summed E-state index contributed by atoms with van der Waals surface area (Å²) in [5.41, 5.74) is 3.68. The van der Waals surface area contributed by atoms with Gasteiger partial charge in [-0.1, -0.05) is 24.6 Å². The van der Waals surface area contributed by atoms with Gasteiger partial charge in [-0.2, -0.15) is 0 Å². The molecule has 4 rings (SSSR count). The number of hydrogen-bond donors (Lipinski definition) is 0. The van der Waals surface area contributed by atoms with Crippen molar-refractivity contribution in [2.24, 2.45) is 0 Å². The minimum absolute atomic E-state index is 0.0985. The molecule has 2 aliphatic rings. The van der Waals surface area contributed by atoms with Gasteiger partial charge in [-0.25, -0.2) is 9.18 Å². The number of carbonyl (C=O) groups excluding carboxylic acids is 2. The summed E-state index contributed by atoms with van der Waals surface area (Å²) in [7, 11) is 1.35. The minimum atomic E-state index is -0.708. The standard InChI is InChI=1S/C27H32FNO6/c1-3-33-25-15-18(16-26(30)32-2)9-10-22(25)20-11-12-24(28)21-13-14-29(17-23(20)21)35-27(31)34-19-7-5-4-6-8-19/h9-12,15,19H,3-8,13-14,16-17H2,1-2H3. The number of halogens is 1. The second kappa shape index (κ2) is 11.5. The van der Waals surface area contributed by atoms with Crippen LogP contribution in [0, 0.1) is 5.82 Å². The van der Waals surface area contributed by atoms with E-state index in [1.54, 1.807) is 6.07 Å². The third kappa shape index (κ3) is 6.11. The molecule has 2 aromatic rings. The van der Waals surface area contributed by atoms with Crippen LogP contribution in [-0.2, 0) is 38.5 Å². The molecule has 0 amide bonds. The van der Waals surface area contributed by atoms with Gasteiger partial charge in [-0.15, -0.1) is 5.06 Å². The predicted molar refractivity (Wildman–Crippen MR) is 127 cm³/mol. The zero-order valence-electron chi connectivity index (χ0n) is 20.3. The van der Waals surface area contributed by atoms with Gasteiger partial charge in [0.1, 0.15) is 17.7 Å². The quantitative estimate of drug-likeness (QED) is 0.489. The van der Waals surface area contributed by atoms with E-state index >= 15 is 0 Å². The Morgan fingerprint density at radius 2 is 1.83 bits per heavy atom. The number of ether oxygens (including phenoxy) is 3. The monoisotopic (exact) mass is 485 g/mol. The lowest BCUT2D eigenvalue weighted by Crippen LogP contribution is -2.35. The summed E-state index contributed by atoms with van der Waals surface area (Å²) in [6.45, 7) is 2.92. The van der Waals surface area contributed by atoms with Gasteiger partial charge in [-0.3, -0.25) is 4.79 Å². The Kier molecular flexibility index (Phi) is 8.23. The average Bonchev–Trinajstić information content (AvgIpc) is 2.85. The second-order valence-electron chi connectivity index (χ2n) is 8.90. The molecule has 0 saturated heterocycles. The third-order valence-corrected chi connectivity index (χ3v) is 6.55. The molecule has 35 heavy (non-hydrogen) atoms. The smallest absolute Gasteiger partial charge is 0.493 e. The summed E-state index contributed by atoms with van der Waals surface area (Å²) < 4.78 is 30.9. The lowest BCUT2D eigenvalue weighted by atomic mass is 9.90. The highest BCUT2D eigenvalue weighted by Gasteiger charge is 2.28. The summed E-state index contributed by atoms with van der Waals surface area (Å²) in [6, 6.07) is 8.69. The largest absolute Gasteiger partial charge is 0.528 e. The number of esters is 1. The highest BCUT2D eigenvalue weighted by atomic mass is 19.1. The van der Waals surface area contributed by atoms with E-state index in [1.807, 2.05) is 25.1 Å². The first kappa shape index (κ1) is 25.0. The van der Waals surface area contributed by atoms with E-state index in [1.165, 1.54) is 24.7 Å². The number of rotatable bonds is 7. The summed E-state index contributed by atoms with van der Waals surface area (Å²) in [6.07, 6.45) is 4.72. The van der Waals surface area contributed by atoms with Gasteiger partial charge < -0.3 is 19.0 Å². The Hall–Kier alpha value is -3.13. The van der Waals surface area contributed by atoms with Gasteiger partial charge in [-0.05, 0) is 73.4 Å². The Bertz CT molecular complexity index is 1070. The highest BCUT2D eigenvalue weighted by Crippen LogP contribution is 2.38. The highest BCUT2D eigenvalue weighted by molar-refractivity contribution is 5.77. The maximum atomic E-state index is 14.7. The van der Waals surface area contributed by atoms with Crippen LogP contribution >= 0.6 is 0 Å². The first-order chi connectivity index (χ1) is 17.0. The van der Waals surface area contributed by atoms with Crippen molar-refractivity contribution < 1.29 is 33.0 Å². The number of fused-ring (bicyclic) bond motifs is 1. The number of nitrogens with zero attached hydrogens (tertiary/aromatic N) is 1. The second-order valence-corrected chi connectivity index (χ2v) is 8.90. The Labute approximate surface area is 205 Å². The molecule has 188 valence electrons. The van der Waals surface area contributed by atoms with Gasteiger partial charge in [0.2, 0.25) is 0 Å². The molecule has 0 aromatic heterocycles. The molecular formula is C27H32FNO6. The van der Waals surface area contributed by atoms with Gasteiger partial charge in [0.05, 0.1) is 26.7 Å². The van der Waals surface area contributed by atoms with Crippen LogP contribution in [0.5, 0.6) is 5.75 Å². The summed E-state index contributed by atoms with van der Waals surface area (Å²) in [5, 5.41) is 1.53. The van der Waals surface area contributed by atoms with Crippen LogP contribution in [0.1, 0.15) is 55.7 Å². The van der Waals surface area contributed by atoms with Crippen LogP contribution < -0.4 is 4.74 Å². The van der Waals surface area contributed by atoms with Gasteiger partial charge in [0.25, 0.3) is 0 Å². The molecule has 0 radical (unpaired) electrons. The molecule has 0 unspecified atom stereocenters. The topological polar surface area (TPSA) is 74.3 Å². The van der Waals surface area contributed by atoms with Crippen molar-refractivity contribution in [3.8, 4) is 16.9 Å². The molecular weight excluding hydrogens is 453 g/mol. The first-order valence-corrected chi connectivity index (χ1v) is 12.2. The van der Waals surface area contributed by atoms with Crippen LogP contribution in [-0.4, -0.2) is 43.6 Å². The van der Waals surface area contributed by atoms with Crippen molar-refractivity contribution in [1.29, 1.82) is 0 Å². The minimum Gasteiger partial charge on any atom is -0.493 e. The van der Waals surface area contributed by atoms with E-state index in [4.69, 9.17) is 19.0 Å². The van der Waals surface area contributed by atoms with Crippen molar-refractivity contribution in [1.82, 2.24) is 5.06 Å². The van der Waals surface area contributed by atoms with E-state index in [2.05, 4.69) is 0 Å².